The highest BCUT2D eigenvalue weighted by Crippen LogP contribution is 2.08. The van der Waals surface area contributed by atoms with Crippen LogP contribution in [0.25, 0.3) is 0 Å². The van der Waals surface area contributed by atoms with E-state index in [0.29, 0.717) is 19.3 Å². The predicted molar refractivity (Wildman–Crippen MR) is 94.6 cm³/mol. The lowest BCUT2D eigenvalue weighted by atomic mass is 10.3. The number of para-hydroxylation sites is 2. The second-order valence-electron chi connectivity index (χ2n) is 5.75. The third-order valence-electron chi connectivity index (χ3n) is 3.83. The molecule has 2 aromatic rings. The Labute approximate surface area is 155 Å². The zero-order valence-electron chi connectivity index (χ0n) is 14.6. The van der Waals surface area contributed by atoms with Gasteiger partial charge in [-0.05, 0) is 31.2 Å². The fraction of sp³-hybridized carbons (Fsp3) is 0.316. The van der Waals surface area contributed by atoms with Crippen molar-refractivity contribution < 1.29 is 31.6 Å². The first-order valence-corrected chi connectivity index (χ1v) is 8.14. The van der Waals surface area contributed by atoms with Crippen molar-refractivity contribution in [1.29, 1.82) is 0 Å². The van der Waals surface area contributed by atoms with E-state index in [0.717, 1.165) is 18.0 Å². The number of amides is 1. The summed E-state index contributed by atoms with van der Waals surface area (Å²) >= 11 is 0. The van der Waals surface area contributed by atoms with E-state index in [-0.39, 0.29) is 12.4 Å². The number of benzene rings is 2. The summed E-state index contributed by atoms with van der Waals surface area (Å²) in [4.78, 5) is 13.0. The summed E-state index contributed by atoms with van der Waals surface area (Å²) < 4.78 is 11.0. The molecule has 0 saturated carbocycles. The molecule has 2 rings (SSSR count). The Hall–Kier alpha value is -2.24. The van der Waals surface area contributed by atoms with Crippen LogP contribution < -0.4 is 27.4 Å². The van der Waals surface area contributed by atoms with Gasteiger partial charge in [-0.25, -0.2) is 4.79 Å². The largest absolute Gasteiger partial charge is 1.00 e. The highest BCUT2D eigenvalue weighted by Gasteiger charge is 2.14. The minimum absolute atomic E-state index is 0. The smallest absolute Gasteiger partial charge is 0.411 e. The SMILES string of the molecule is CC(COc1ccccc1)[NH+](C)CCOC(=O)Nc1ccccc1.[Cl-]. The number of rotatable bonds is 8. The summed E-state index contributed by atoms with van der Waals surface area (Å²) in [6.07, 6.45) is -0.429. The number of nitrogens with one attached hydrogen (secondary N) is 2. The predicted octanol–water partition coefficient (Wildman–Crippen LogP) is -0.779. The number of ether oxygens (including phenoxy) is 2. The number of carbonyl (C=O) groups is 1. The van der Waals surface area contributed by atoms with E-state index in [1.54, 1.807) is 0 Å². The maximum absolute atomic E-state index is 11.7. The Morgan fingerprint density at radius 1 is 1.08 bits per heavy atom. The average Bonchev–Trinajstić information content (AvgIpc) is 2.61. The number of carbonyl (C=O) groups excluding carboxylic acids is 1. The summed E-state index contributed by atoms with van der Waals surface area (Å²) in [5.41, 5.74) is 0.729. The Bertz CT molecular complexity index is 611. The number of hydrogen-bond acceptors (Lipinski definition) is 3. The summed E-state index contributed by atoms with van der Waals surface area (Å²) in [6, 6.07) is 19.3. The van der Waals surface area contributed by atoms with Gasteiger partial charge >= 0.3 is 6.09 Å². The molecule has 0 heterocycles. The van der Waals surface area contributed by atoms with Gasteiger partial charge in [0.15, 0.2) is 0 Å². The van der Waals surface area contributed by atoms with Crippen molar-refractivity contribution in [2.24, 2.45) is 0 Å². The highest BCUT2D eigenvalue weighted by molar-refractivity contribution is 5.84. The number of hydrogen-bond donors (Lipinski definition) is 2. The first-order chi connectivity index (χ1) is 11.6. The Morgan fingerprint density at radius 2 is 1.68 bits per heavy atom. The molecule has 0 aliphatic carbocycles. The number of likely N-dealkylation sites (N-methyl/N-ethyl adjacent to an activating group) is 1. The third-order valence-corrected chi connectivity index (χ3v) is 3.83. The van der Waals surface area contributed by atoms with Crippen LogP contribution in [0, 0.1) is 0 Å². The van der Waals surface area contributed by atoms with Crippen molar-refractivity contribution >= 4 is 11.8 Å². The Kier molecular flexibility index (Phi) is 9.43. The van der Waals surface area contributed by atoms with Gasteiger partial charge in [0.1, 0.15) is 31.5 Å². The van der Waals surface area contributed by atoms with Gasteiger partial charge in [0.2, 0.25) is 0 Å². The minimum atomic E-state index is -0.429. The second-order valence-corrected chi connectivity index (χ2v) is 5.75. The monoisotopic (exact) mass is 364 g/mol. The molecule has 2 atom stereocenters. The standard InChI is InChI=1S/C19H24N2O3.ClH/c1-16(15-24-18-11-7-4-8-12-18)21(2)13-14-23-19(22)20-17-9-5-3-6-10-17;/h3-12,16H,13-15H2,1-2H3,(H,20,22);1H. The lowest BCUT2D eigenvalue weighted by molar-refractivity contribution is -0.904. The lowest BCUT2D eigenvalue weighted by Crippen LogP contribution is -3.13. The van der Waals surface area contributed by atoms with Crippen LogP contribution in [0.1, 0.15) is 6.92 Å². The lowest BCUT2D eigenvalue weighted by Gasteiger charge is -2.21. The van der Waals surface area contributed by atoms with Crippen molar-refractivity contribution in [3.63, 3.8) is 0 Å². The molecule has 0 radical (unpaired) electrons. The van der Waals surface area contributed by atoms with E-state index in [1.165, 1.54) is 4.90 Å². The first-order valence-electron chi connectivity index (χ1n) is 8.14. The van der Waals surface area contributed by atoms with Crippen molar-refractivity contribution in [2.45, 2.75) is 13.0 Å². The quantitative estimate of drug-likeness (QED) is 0.646. The maximum atomic E-state index is 11.7. The molecule has 0 spiro atoms. The fourth-order valence-electron chi connectivity index (χ4n) is 2.11. The molecular weight excluding hydrogens is 340 g/mol. The summed E-state index contributed by atoms with van der Waals surface area (Å²) in [6.45, 7) is 3.82. The molecule has 2 unspecified atom stereocenters. The molecule has 2 aromatic carbocycles. The van der Waals surface area contributed by atoms with Crippen LogP contribution in [-0.4, -0.2) is 38.9 Å². The van der Waals surface area contributed by atoms with E-state index in [1.807, 2.05) is 60.7 Å². The van der Waals surface area contributed by atoms with Crippen LogP contribution in [0.5, 0.6) is 5.75 Å². The van der Waals surface area contributed by atoms with E-state index < -0.39 is 6.09 Å². The zero-order chi connectivity index (χ0) is 17.2. The summed E-state index contributed by atoms with van der Waals surface area (Å²) in [5, 5.41) is 2.70. The van der Waals surface area contributed by atoms with Crippen molar-refractivity contribution in [2.75, 3.05) is 32.1 Å². The molecule has 0 aliphatic heterocycles. The van der Waals surface area contributed by atoms with E-state index in [2.05, 4.69) is 19.3 Å². The fourth-order valence-corrected chi connectivity index (χ4v) is 2.11. The Balaban J connectivity index is 0.00000312. The molecule has 0 saturated heterocycles. The van der Waals surface area contributed by atoms with Gasteiger partial charge < -0.3 is 26.8 Å². The number of quaternary nitrogens is 1. The molecule has 25 heavy (non-hydrogen) atoms. The van der Waals surface area contributed by atoms with Gasteiger partial charge in [0, 0.05) is 5.69 Å². The van der Waals surface area contributed by atoms with Crippen LogP contribution in [-0.2, 0) is 4.74 Å². The molecule has 0 aliphatic rings. The Morgan fingerprint density at radius 3 is 2.32 bits per heavy atom. The third kappa shape index (κ3) is 7.92. The zero-order valence-corrected chi connectivity index (χ0v) is 15.3. The van der Waals surface area contributed by atoms with Crippen LogP contribution in [0.2, 0.25) is 0 Å². The van der Waals surface area contributed by atoms with Crippen LogP contribution in [0.4, 0.5) is 10.5 Å². The molecule has 136 valence electrons. The second kappa shape index (κ2) is 11.3. The summed E-state index contributed by atoms with van der Waals surface area (Å²) in [5.74, 6) is 0.871. The van der Waals surface area contributed by atoms with Gasteiger partial charge in [-0.3, -0.25) is 5.32 Å². The van der Waals surface area contributed by atoms with Crippen molar-refractivity contribution in [3.05, 3.63) is 60.7 Å². The van der Waals surface area contributed by atoms with Gasteiger partial charge in [0.25, 0.3) is 0 Å². The first kappa shape index (κ1) is 20.8. The molecule has 1 amide bonds. The molecule has 5 nitrogen and oxygen atoms in total. The van der Waals surface area contributed by atoms with Gasteiger partial charge in [-0.1, -0.05) is 36.4 Å². The molecule has 0 fully saturated rings. The number of halogens is 1. The number of anilines is 1. The normalized spacial score (nSPS) is 12.4. The molecule has 6 heteroatoms. The summed E-state index contributed by atoms with van der Waals surface area (Å²) in [7, 11) is 2.07. The van der Waals surface area contributed by atoms with Crippen LogP contribution in [0.3, 0.4) is 0 Å². The topological polar surface area (TPSA) is 52.0 Å². The van der Waals surface area contributed by atoms with E-state index in [4.69, 9.17) is 9.47 Å². The average molecular weight is 365 g/mol. The van der Waals surface area contributed by atoms with Gasteiger partial charge in [-0.2, -0.15) is 0 Å². The van der Waals surface area contributed by atoms with Crippen LogP contribution in [0.15, 0.2) is 60.7 Å². The van der Waals surface area contributed by atoms with Crippen molar-refractivity contribution in [1.82, 2.24) is 0 Å². The molecule has 0 bridgehead atoms. The molecule has 2 N–H and O–H groups in total. The van der Waals surface area contributed by atoms with Gasteiger partial charge in [0.05, 0.1) is 7.05 Å². The maximum Gasteiger partial charge on any atom is 0.411 e. The van der Waals surface area contributed by atoms with E-state index >= 15 is 0 Å². The molecule has 0 aromatic heterocycles. The minimum Gasteiger partial charge on any atom is -1.00 e. The van der Waals surface area contributed by atoms with Gasteiger partial charge in [-0.15, -0.1) is 0 Å². The highest BCUT2D eigenvalue weighted by atomic mass is 35.5. The van der Waals surface area contributed by atoms with Crippen LogP contribution >= 0.6 is 0 Å². The van der Waals surface area contributed by atoms with E-state index in [9.17, 15) is 4.79 Å². The molecular formula is C19H25ClN2O3. The van der Waals surface area contributed by atoms with Crippen molar-refractivity contribution in [3.8, 4) is 5.75 Å².